The topological polar surface area (TPSA) is 129 Å². The number of nitrogens with one attached hydrogen (secondary N) is 3. The second-order valence-electron chi connectivity index (χ2n) is 4.76. The molecule has 0 aliphatic carbocycles. The second kappa shape index (κ2) is 8.28. The number of aromatic nitrogens is 4. The number of carbonyl (C=O) groups excluding carboxylic acids is 1. The van der Waals surface area contributed by atoms with E-state index in [4.69, 9.17) is 4.74 Å². The highest BCUT2D eigenvalue weighted by Crippen LogP contribution is 2.28. The SMILES string of the molecule is CCCC(=O)Nc1ccc(OC)cc1NC=C(C#N)c1nn[nH]n1. The largest absolute Gasteiger partial charge is 0.497 e. The van der Waals surface area contributed by atoms with Crippen molar-refractivity contribution in [3.63, 3.8) is 0 Å². The molecule has 0 aliphatic rings. The first-order valence-electron chi connectivity index (χ1n) is 7.26. The number of hydrogen-bond acceptors (Lipinski definition) is 7. The van der Waals surface area contributed by atoms with Crippen LogP contribution >= 0.6 is 0 Å². The van der Waals surface area contributed by atoms with E-state index in [0.717, 1.165) is 6.42 Å². The van der Waals surface area contributed by atoms with Gasteiger partial charge in [-0.15, -0.1) is 10.2 Å². The van der Waals surface area contributed by atoms with Gasteiger partial charge < -0.3 is 15.4 Å². The Balaban J connectivity index is 2.26. The fraction of sp³-hybridized carbons (Fsp3) is 0.267. The van der Waals surface area contributed by atoms with Crippen LogP contribution in [0.5, 0.6) is 5.75 Å². The smallest absolute Gasteiger partial charge is 0.224 e. The van der Waals surface area contributed by atoms with Crippen molar-refractivity contribution in [2.24, 2.45) is 0 Å². The Kier molecular flexibility index (Phi) is 5.85. The van der Waals surface area contributed by atoms with Gasteiger partial charge in [-0.2, -0.15) is 10.5 Å². The summed E-state index contributed by atoms with van der Waals surface area (Å²) in [6, 6.07) is 7.15. The minimum absolute atomic E-state index is 0.0895. The third kappa shape index (κ3) is 4.30. The molecule has 0 bridgehead atoms. The van der Waals surface area contributed by atoms with Crippen molar-refractivity contribution in [2.45, 2.75) is 19.8 Å². The minimum Gasteiger partial charge on any atom is -0.497 e. The molecule has 0 fully saturated rings. The van der Waals surface area contributed by atoms with E-state index in [2.05, 4.69) is 31.3 Å². The van der Waals surface area contributed by atoms with Crippen molar-refractivity contribution in [1.29, 1.82) is 5.26 Å². The molecule has 0 unspecified atom stereocenters. The van der Waals surface area contributed by atoms with Crippen LogP contribution in [0.15, 0.2) is 24.4 Å². The lowest BCUT2D eigenvalue weighted by molar-refractivity contribution is -0.116. The molecule has 1 aromatic heterocycles. The molecule has 0 saturated heterocycles. The van der Waals surface area contributed by atoms with Gasteiger partial charge in [-0.25, -0.2) is 0 Å². The highest BCUT2D eigenvalue weighted by molar-refractivity contribution is 5.94. The van der Waals surface area contributed by atoms with Crippen molar-refractivity contribution in [2.75, 3.05) is 17.7 Å². The lowest BCUT2D eigenvalue weighted by Gasteiger charge is -2.12. The first-order chi connectivity index (χ1) is 11.7. The highest BCUT2D eigenvalue weighted by Gasteiger charge is 2.09. The molecule has 2 rings (SSSR count). The Morgan fingerprint density at radius 3 is 2.92 bits per heavy atom. The van der Waals surface area contributed by atoms with Gasteiger partial charge >= 0.3 is 0 Å². The number of amides is 1. The van der Waals surface area contributed by atoms with Crippen LogP contribution in [0.1, 0.15) is 25.6 Å². The number of carbonyl (C=O) groups is 1. The third-order valence-electron chi connectivity index (χ3n) is 3.06. The van der Waals surface area contributed by atoms with E-state index >= 15 is 0 Å². The van der Waals surface area contributed by atoms with E-state index in [1.165, 1.54) is 6.20 Å². The zero-order valence-corrected chi connectivity index (χ0v) is 13.3. The summed E-state index contributed by atoms with van der Waals surface area (Å²) in [5.74, 6) is 0.690. The summed E-state index contributed by atoms with van der Waals surface area (Å²) in [6.45, 7) is 1.93. The highest BCUT2D eigenvalue weighted by atomic mass is 16.5. The summed E-state index contributed by atoms with van der Waals surface area (Å²) >= 11 is 0. The summed E-state index contributed by atoms with van der Waals surface area (Å²) < 4.78 is 5.19. The zero-order chi connectivity index (χ0) is 17.4. The molecule has 1 heterocycles. The third-order valence-corrected chi connectivity index (χ3v) is 3.06. The van der Waals surface area contributed by atoms with Gasteiger partial charge in [-0.05, 0) is 23.8 Å². The molecule has 0 aliphatic heterocycles. The fourth-order valence-corrected chi connectivity index (χ4v) is 1.89. The molecular formula is C15H17N7O2. The van der Waals surface area contributed by atoms with E-state index in [-0.39, 0.29) is 17.3 Å². The summed E-state index contributed by atoms with van der Waals surface area (Å²) in [5.41, 5.74) is 1.35. The zero-order valence-electron chi connectivity index (χ0n) is 13.3. The van der Waals surface area contributed by atoms with Crippen LogP contribution in [0.3, 0.4) is 0 Å². The molecule has 0 atom stereocenters. The van der Waals surface area contributed by atoms with E-state index in [0.29, 0.717) is 23.5 Å². The van der Waals surface area contributed by atoms with Crippen LogP contribution < -0.4 is 15.4 Å². The van der Waals surface area contributed by atoms with Gasteiger partial charge in [0.05, 0.1) is 18.5 Å². The predicted molar refractivity (Wildman–Crippen MR) is 87.9 cm³/mol. The summed E-state index contributed by atoms with van der Waals surface area (Å²) in [7, 11) is 1.55. The summed E-state index contributed by atoms with van der Waals surface area (Å²) in [5, 5.41) is 28.2. The van der Waals surface area contributed by atoms with Crippen molar-refractivity contribution in [3.05, 3.63) is 30.2 Å². The number of nitriles is 1. The van der Waals surface area contributed by atoms with Gasteiger partial charge in [0.1, 0.15) is 17.4 Å². The maximum absolute atomic E-state index is 11.8. The van der Waals surface area contributed by atoms with Crippen molar-refractivity contribution < 1.29 is 9.53 Å². The van der Waals surface area contributed by atoms with Gasteiger partial charge in [-0.3, -0.25) is 4.79 Å². The number of aromatic amines is 1. The molecule has 9 nitrogen and oxygen atoms in total. The normalized spacial score (nSPS) is 10.8. The van der Waals surface area contributed by atoms with Crippen LogP contribution in [-0.2, 0) is 4.79 Å². The van der Waals surface area contributed by atoms with Crippen LogP contribution in [0.4, 0.5) is 11.4 Å². The molecule has 1 amide bonds. The predicted octanol–water partition coefficient (Wildman–Crippen LogP) is 1.92. The van der Waals surface area contributed by atoms with Gasteiger partial charge in [0.15, 0.2) is 0 Å². The Morgan fingerprint density at radius 1 is 1.46 bits per heavy atom. The molecular weight excluding hydrogens is 310 g/mol. The number of tetrazole rings is 1. The Labute approximate surface area is 138 Å². The average Bonchev–Trinajstić information content (AvgIpc) is 3.11. The van der Waals surface area contributed by atoms with E-state index in [1.54, 1.807) is 25.3 Å². The van der Waals surface area contributed by atoms with Gasteiger partial charge in [-0.1, -0.05) is 6.92 Å². The van der Waals surface area contributed by atoms with Gasteiger partial charge in [0, 0.05) is 18.7 Å². The minimum atomic E-state index is -0.0895. The second-order valence-corrected chi connectivity index (χ2v) is 4.76. The number of methoxy groups -OCH3 is 1. The van der Waals surface area contributed by atoms with Crippen molar-refractivity contribution >= 4 is 22.9 Å². The summed E-state index contributed by atoms with van der Waals surface area (Å²) in [6.07, 6.45) is 2.61. The fourth-order valence-electron chi connectivity index (χ4n) is 1.89. The molecule has 0 saturated carbocycles. The molecule has 0 spiro atoms. The molecule has 9 heteroatoms. The van der Waals surface area contributed by atoms with Crippen LogP contribution in [0.2, 0.25) is 0 Å². The number of anilines is 2. The molecule has 0 radical (unpaired) electrons. The van der Waals surface area contributed by atoms with Crippen molar-refractivity contribution in [3.8, 4) is 11.8 Å². The van der Waals surface area contributed by atoms with Crippen molar-refractivity contribution in [1.82, 2.24) is 20.6 Å². The lowest BCUT2D eigenvalue weighted by Crippen LogP contribution is -2.12. The standard InChI is InChI=1S/C15H17N7O2/c1-3-4-14(23)18-12-6-5-11(24-2)7-13(12)17-9-10(8-16)15-19-21-22-20-15/h5-7,9,17H,3-4H2,1-2H3,(H,18,23)(H,19,20,21,22). The van der Waals surface area contributed by atoms with Crippen LogP contribution in [-0.4, -0.2) is 33.6 Å². The first kappa shape index (κ1) is 17.0. The van der Waals surface area contributed by atoms with Gasteiger partial charge in [0.25, 0.3) is 0 Å². The quantitative estimate of drug-likeness (QED) is 0.662. The Morgan fingerprint density at radius 2 is 2.29 bits per heavy atom. The monoisotopic (exact) mass is 327 g/mol. The molecule has 2 aromatic rings. The number of rotatable bonds is 7. The molecule has 3 N–H and O–H groups in total. The van der Waals surface area contributed by atoms with Gasteiger partial charge in [0.2, 0.25) is 11.7 Å². The molecule has 24 heavy (non-hydrogen) atoms. The number of nitrogens with zero attached hydrogens (tertiary/aromatic N) is 4. The average molecular weight is 327 g/mol. The lowest BCUT2D eigenvalue weighted by atomic mass is 10.2. The van der Waals surface area contributed by atoms with E-state index in [9.17, 15) is 10.1 Å². The van der Waals surface area contributed by atoms with Crippen LogP contribution in [0, 0.1) is 11.3 Å². The van der Waals surface area contributed by atoms with E-state index in [1.807, 2.05) is 13.0 Å². The first-order valence-corrected chi connectivity index (χ1v) is 7.26. The Hall–Kier alpha value is -3.41. The molecule has 1 aromatic carbocycles. The number of allylic oxidation sites excluding steroid dienone is 1. The Bertz CT molecular complexity index is 763. The maximum Gasteiger partial charge on any atom is 0.224 e. The number of hydrogen-bond donors (Lipinski definition) is 3. The summed E-state index contributed by atoms with van der Waals surface area (Å²) in [4.78, 5) is 11.8. The van der Waals surface area contributed by atoms with Crippen LogP contribution in [0.25, 0.3) is 5.57 Å². The van der Waals surface area contributed by atoms with E-state index < -0.39 is 0 Å². The number of ether oxygens (including phenoxy) is 1. The number of H-pyrrole nitrogens is 1. The molecule has 124 valence electrons. The number of benzene rings is 1. The maximum atomic E-state index is 11.8.